The van der Waals surface area contributed by atoms with Crippen LogP contribution in [0.1, 0.15) is 6.92 Å². The summed E-state index contributed by atoms with van der Waals surface area (Å²) in [5.41, 5.74) is 0. The van der Waals surface area contributed by atoms with Crippen LogP contribution >= 0.6 is 0 Å². The van der Waals surface area contributed by atoms with Crippen molar-refractivity contribution >= 4 is 15.7 Å². The van der Waals surface area contributed by atoms with Crippen molar-refractivity contribution in [3.05, 3.63) is 25.3 Å². The van der Waals surface area contributed by atoms with E-state index in [0.717, 1.165) is 0 Å². The standard InChI is InChI=1S/C9H15NO3S/c1-4-6-10-9(11)8(3)14(12,13)7-5-2/h4-5,8H,1-2,6-7H2,3H3,(H,10,11). The van der Waals surface area contributed by atoms with Gasteiger partial charge in [-0.05, 0) is 6.92 Å². The summed E-state index contributed by atoms with van der Waals surface area (Å²) < 4.78 is 22.8. The lowest BCUT2D eigenvalue weighted by Gasteiger charge is -2.10. The zero-order valence-electron chi connectivity index (χ0n) is 8.19. The molecule has 1 amide bonds. The normalized spacial score (nSPS) is 12.9. The van der Waals surface area contributed by atoms with Gasteiger partial charge >= 0.3 is 0 Å². The fourth-order valence-corrected chi connectivity index (χ4v) is 1.81. The van der Waals surface area contributed by atoms with Crippen molar-refractivity contribution in [2.24, 2.45) is 0 Å². The van der Waals surface area contributed by atoms with Gasteiger partial charge in [0, 0.05) is 6.54 Å². The second kappa shape index (κ2) is 5.59. The van der Waals surface area contributed by atoms with Gasteiger partial charge in [-0.15, -0.1) is 13.2 Å². The highest BCUT2D eigenvalue weighted by atomic mass is 32.2. The van der Waals surface area contributed by atoms with Gasteiger partial charge < -0.3 is 5.32 Å². The average molecular weight is 217 g/mol. The molecule has 0 heterocycles. The van der Waals surface area contributed by atoms with Crippen LogP contribution in [0.25, 0.3) is 0 Å². The molecule has 0 radical (unpaired) electrons. The molecule has 0 fully saturated rings. The zero-order chi connectivity index (χ0) is 11.2. The number of nitrogens with one attached hydrogen (secondary N) is 1. The van der Waals surface area contributed by atoms with E-state index in [1.807, 2.05) is 0 Å². The van der Waals surface area contributed by atoms with Crippen molar-refractivity contribution < 1.29 is 13.2 Å². The Morgan fingerprint density at radius 2 is 2.00 bits per heavy atom. The minimum absolute atomic E-state index is 0.185. The van der Waals surface area contributed by atoms with Crippen LogP contribution in [0, 0.1) is 0 Å². The number of amides is 1. The highest BCUT2D eigenvalue weighted by Crippen LogP contribution is 2.02. The van der Waals surface area contributed by atoms with Crippen LogP contribution in [0.3, 0.4) is 0 Å². The number of carbonyl (C=O) groups is 1. The molecule has 0 aliphatic heterocycles. The summed E-state index contributed by atoms with van der Waals surface area (Å²) >= 11 is 0. The monoisotopic (exact) mass is 217 g/mol. The van der Waals surface area contributed by atoms with E-state index in [2.05, 4.69) is 18.5 Å². The first-order valence-electron chi connectivity index (χ1n) is 4.16. The summed E-state index contributed by atoms with van der Waals surface area (Å²) in [6.45, 7) is 8.36. The largest absolute Gasteiger partial charge is 0.352 e. The van der Waals surface area contributed by atoms with E-state index in [1.165, 1.54) is 19.1 Å². The van der Waals surface area contributed by atoms with E-state index in [-0.39, 0.29) is 12.3 Å². The predicted octanol–water partition coefficient (Wildman–Crippen LogP) is 0.278. The summed E-state index contributed by atoms with van der Waals surface area (Å²) in [4.78, 5) is 11.3. The summed E-state index contributed by atoms with van der Waals surface area (Å²) in [5, 5.41) is 1.38. The molecule has 0 rings (SSSR count). The molecule has 0 aromatic rings. The number of hydrogen-bond acceptors (Lipinski definition) is 3. The van der Waals surface area contributed by atoms with Crippen molar-refractivity contribution in [3.63, 3.8) is 0 Å². The van der Waals surface area contributed by atoms with Crippen molar-refractivity contribution in [1.82, 2.24) is 5.32 Å². The van der Waals surface area contributed by atoms with E-state index < -0.39 is 21.0 Å². The molecule has 5 heteroatoms. The third kappa shape index (κ3) is 3.74. The molecule has 0 aliphatic rings. The molecule has 14 heavy (non-hydrogen) atoms. The van der Waals surface area contributed by atoms with E-state index in [1.54, 1.807) is 0 Å². The zero-order valence-corrected chi connectivity index (χ0v) is 9.01. The average Bonchev–Trinajstić information content (AvgIpc) is 2.12. The molecular weight excluding hydrogens is 202 g/mol. The third-order valence-corrected chi connectivity index (χ3v) is 3.67. The lowest BCUT2D eigenvalue weighted by Crippen LogP contribution is -2.38. The lowest BCUT2D eigenvalue weighted by atomic mass is 10.4. The van der Waals surface area contributed by atoms with Gasteiger partial charge in [0.15, 0.2) is 9.84 Å². The Morgan fingerprint density at radius 1 is 1.43 bits per heavy atom. The minimum atomic E-state index is -3.40. The molecule has 0 saturated carbocycles. The van der Waals surface area contributed by atoms with E-state index in [9.17, 15) is 13.2 Å². The topological polar surface area (TPSA) is 63.2 Å². The van der Waals surface area contributed by atoms with Crippen LogP contribution < -0.4 is 5.32 Å². The van der Waals surface area contributed by atoms with Crippen molar-refractivity contribution in [1.29, 1.82) is 0 Å². The van der Waals surface area contributed by atoms with Gasteiger partial charge in [0.2, 0.25) is 5.91 Å². The van der Waals surface area contributed by atoms with E-state index in [4.69, 9.17) is 0 Å². The summed E-state index contributed by atoms with van der Waals surface area (Å²) in [6, 6.07) is 0. The van der Waals surface area contributed by atoms with E-state index >= 15 is 0 Å². The molecule has 1 N–H and O–H groups in total. The quantitative estimate of drug-likeness (QED) is 0.650. The predicted molar refractivity (Wildman–Crippen MR) is 56.7 cm³/mol. The summed E-state index contributed by atoms with van der Waals surface area (Å²) in [5.74, 6) is -0.692. The molecular formula is C9H15NO3S. The molecule has 0 bridgehead atoms. The first-order chi connectivity index (χ1) is 6.45. The Hall–Kier alpha value is -1.10. The maximum Gasteiger partial charge on any atom is 0.238 e. The number of sulfone groups is 1. The number of hydrogen-bond donors (Lipinski definition) is 1. The molecule has 1 unspecified atom stereocenters. The van der Waals surface area contributed by atoms with Crippen molar-refractivity contribution in [3.8, 4) is 0 Å². The van der Waals surface area contributed by atoms with Gasteiger partial charge in [0.1, 0.15) is 5.25 Å². The molecule has 0 aliphatic carbocycles. The van der Waals surface area contributed by atoms with Crippen LogP contribution in [-0.2, 0) is 14.6 Å². The van der Waals surface area contributed by atoms with E-state index in [0.29, 0.717) is 0 Å². The van der Waals surface area contributed by atoms with Gasteiger partial charge in [-0.3, -0.25) is 4.79 Å². The Kier molecular flexibility index (Phi) is 5.15. The fraction of sp³-hybridized carbons (Fsp3) is 0.444. The highest BCUT2D eigenvalue weighted by Gasteiger charge is 2.25. The van der Waals surface area contributed by atoms with Gasteiger partial charge in [0.25, 0.3) is 0 Å². The second-order valence-electron chi connectivity index (χ2n) is 2.79. The van der Waals surface area contributed by atoms with Gasteiger partial charge in [-0.25, -0.2) is 8.42 Å². The Balaban J connectivity index is 4.44. The first-order valence-corrected chi connectivity index (χ1v) is 5.88. The Morgan fingerprint density at radius 3 is 2.43 bits per heavy atom. The Bertz CT molecular complexity index is 319. The lowest BCUT2D eigenvalue weighted by molar-refractivity contribution is -0.120. The Labute approximate surface area is 84.6 Å². The smallest absolute Gasteiger partial charge is 0.238 e. The molecule has 0 spiro atoms. The molecule has 0 saturated heterocycles. The maximum absolute atomic E-state index is 11.4. The van der Waals surface area contributed by atoms with Gasteiger partial charge in [-0.1, -0.05) is 12.2 Å². The van der Waals surface area contributed by atoms with Gasteiger partial charge in [0.05, 0.1) is 5.75 Å². The summed E-state index contributed by atoms with van der Waals surface area (Å²) in [7, 11) is -3.40. The fourth-order valence-electron chi connectivity index (χ4n) is 0.788. The summed E-state index contributed by atoms with van der Waals surface area (Å²) in [6.07, 6.45) is 2.76. The molecule has 0 aromatic heterocycles. The first kappa shape index (κ1) is 12.9. The molecule has 80 valence electrons. The number of rotatable bonds is 6. The molecule has 1 atom stereocenters. The maximum atomic E-state index is 11.4. The molecule has 0 aromatic carbocycles. The van der Waals surface area contributed by atoms with Crippen LogP contribution in [0.2, 0.25) is 0 Å². The minimum Gasteiger partial charge on any atom is -0.352 e. The van der Waals surface area contributed by atoms with Crippen molar-refractivity contribution in [2.75, 3.05) is 12.3 Å². The van der Waals surface area contributed by atoms with Gasteiger partial charge in [-0.2, -0.15) is 0 Å². The number of carbonyl (C=O) groups excluding carboxylic acids is 1. The van der Waals surface area contributed by atoms with Crippen molar-refractivity contribution in [2.45, 2.75) is 12.2 Å². The second-order valence-corrected chi connectivity index (χ2v) is 5.16. The van der Waals surface area contributed by atoms with Crippen LogP contribution in [0.5, 0.6) is 0 Å². The molecule has 4 nitrogen and oxygen atoms in total. The van der Waals surface area contributed by atoms with Crippen LogP contribution in [-0.4, -0.2) is 31.9 Å². The third-order valence-electron chi connectivity index (χ3n) is 1.68. The SMILES string of the molecule is C=CCNC(=O)C(C)S(=O)(=O)CC=C. The highest BCUT2D eigenvalue weighted by molar-refractivity contribution is 7.92. The van der Waals surface area contributed by atoms with Crippen LogP contribution in [0.15, 0.2) is 25.3 Å². The van der Waals surface area contributed by atoms with Crippen LogP contribution in [0.4, 0.5) is 0 Å².